The van der Waals surface area contributed by atoms with Crippen LogP contribution in [0.1, 0.15) is 33.4 Å². The third kappa shape index (κ3) is 5.12. The molecule has 0 spiro atoms. The van der Waals surface area contributed by atoms with Crippen LogP contribution in [0.25, 0.3) is 5.57 Å². The first-order chi connectivity index (χ1) is 13.2. The molecule has 2 heteroatoms. The van der Waals surface area contributed by atoms with Gasteiger partial charge in [0, 0.05) is 11.5 Å². The lowest BCUT2D eigenvalue weighted by Gasteiger charge is -2.11. The fourth-order valence-electron chi connectivity index (χ4n) is 2.92. The predicted molar refractivity (Wildman–Crippen MR) is 117 cm³/mol. The van der Waals surface area contributed by atoms with Crippen molar-refractivity contribution in [2.45, 2.75) is 19.6 Å². The van der Waals surface area contributed by atoms with E-state index in [0.29, 0.717) is 5.56 Å². The minimum absolute atomic E-state index is 0.713. The maximum atomic E-state index is 8.89. The third-order valence-electron chi connectivity index (χ3n) is 4.66. The molecule has 0 saturated heterocycles. The predicted octanol–water partition coefficient (Wildman–Crippen LogP) is 6.54. The minimum Gasteiger partial charge on any atom is -0.192 e. The topological polar surface area (TPSA) is 23.8 Å². The molecular weight excluding hydrogens is 346 g/mol. The van der Waals surface area contributed by atoms with Crippen molar-refractivity contribution in [1.29, 1.82) is 5.26 Å². The summed E-state index contributed by atoms with van der Waals surface area (Å²) in [6.07, 6.45) is 2.33. The minimum atomic E-state index is 0.713. The average Bonchev–Trinajstić information content (AvgIpc) is 2.71. The maximum Gasteiger partial charge on any atom is 0.0991 e. The van der Waals surface area contributed by atoms with E-state index in [1.807, 2.05) is 36.0 Å². The summed E-state index contributed by atoms with van der Waals surface area (Å²) in [6, 6.07) is 27.3. The van der Waals surface area contributed by atoms with Gasteiger partial charge in [0.15, 0.2) is 0 Å². The molecule has 0 aromatic heterocycles. The summed E-state index contributed by atoms with van der Waals surface area (Å²) in [4.78, 5) is 0. The highest BCUT2D eigenvalue weighted by Crippen LogP contribution is 2.26. The molecule has 0 fully saturated rings. The monoisotopic (exact) mass is 369 g/mol. The molecule has 0 atom stereocenters. The molecule has 3 aromatic carbocycles. The van der Waals surface area contributed by atoms with Gasteiger partial charge in [0.1, 0.15) is 0 Å². The molecule has 0 saturated carbocycles. The van der Waals surface area contributed by atoms with E-state index in [1.54, 1.807) is 0 Å². The summed E-state index contributed by atoms with van der Waals surface area (Å²) in [7, 11) is 0. The van der Waals surface area contributed by atoms with Crippen LogP contribution in [0.3, 0.4) is 0 Å². The average molecular weight is 370 g/mol. The zero-order valence-electron chi connectivity index (χ0n) is 15.8. The van der Waals surface area contributed by atoms with Crippen LogP contribution in [-0.4, -0.2) is 5.75 Å². The lowest BCUT2D eigenvalue weighted by Crippen LogP contribution is -1.92. The van der Waals surface area contributed by atoms with Crippen LogP contribution in [0.5, 0.6) is 0 Å². The van der Waals surface area contributed by atoms with Crippen LogP contribution in [0.2, 0.25) is 0 Å². The fourth-order valence-corrected chi connectivity index (χ4v) is 3.75. The maximum absolute atomic E-state index is 8.89. The Kier molecular flexibility index (Phi) is 6.52. The quantitative estimate of drug-likeness (QED) is 0.461. The molecule has 0 heterocycles. The van der Waals surface area contributed by atoms with Gasteiger partial charge >= 0.3 is 0 Å². The zero-order chi connectivity index (χ0) is 19.1. The van der Waals surface area contributed by atoms with Crippen molar-refractivity contribution in [1.82, 2.24) is 0 Å². The molecule has 0 bridgehead atoms. The van der Waals surface area contributed by atoms with Crippen molar-refractivity contribution in [3.05, 3.63) is 112 Å². The van der Waals surface area contributed by atoms with E-state index in [9.17, 15) is 0 Å². The summed E-state index contributed by atoms with van der Waals surface area (Å²) >= 11 is 1.89. The molecule has 0 amide bonds. The molecule has 0 radical (unpaired) electrons. The van der Waals surface area contributed by atoms with Crippen molar-refractivity contribution in [2.75, 3.05) is 5.75 Å². The molecule has 27 heavy (non-hydrogen) atoms. The second-order valence-electron chi connectivity index (χ2n) is 6.61. The van der Waals surface area contributed by atoms with Crippen LogP contribution in [0.4, 0.5) is 0 Å². The second-order valence-corrected chi connectivity index (χ2v) is 7.64. The Morgan fingerprint density at radius 2 is 1.63 bits per heavy atom. The number of hydrogen-bond acceptors (Lipinski definition) is 2. The highest BCUT2D eigenvalue weighted by molar-refractivity contribution is 7.98. The molecule has 0 aliphatic rings. The Bertz CT molecular complexity index is 963. The van der Waals surface area contributed by atoms with Crippen LogP contribution < -0.4 is 0 Å². The lowest BCUT2D eigenvalue weighted by molar-refractivity contribution is 1.33. The first-order valence-electron chi connectivity index (χ1n) is 9.07. The van der Waals surface area contributed by atoms with Gasteiger partial charge in [-0.2, -0.15) is 17.0 Å². The molecular formula is C25H23NS. The van der Waals surface area contributed by atoms with Gasteiger partial charge < -0.3 is 0 Å². The molecule has 0 N–H and O–H groups in total. The summed E-state index contributed by atoms with van der Waals surface area (Å²) in [6.45, 7) is 4.32. The number of nitriles is 1. The van der Waals surface area contributed by atoms with Crippen LogP contribution in [0.15, 0.2) is 78.9 Å². The summed E-state index contributed by atoms with van der Waals surface area (Å²) in [5.74, 6) is 1.88. The first kappa shape index (κ1) is 19.0. The van der Waals surface area contributed by atoms with Crippen molar-refractivity contribution >= 4 is 17.3 Å². The van der Waals surface area contributed by atoms with Crippen molar-refractivity contribution in [2.24, 2.45) is 0 Å². The second kappa shape index (κ2) is 9.26. The van der Waals surface area contributed by atoms with E-state index in [2.05, 4.69) is 74.5 Å². The summed E-state index contributed by atoms with van der Waals surface area (Å²) in [5, 5.41) is 8.89. The Labute approximate surface area is 166 Å². The normalized spacial score (nSPS) is 11.2. The molecule has 3 rings (SSSR count). The smallest absolute Gasteiger partial charge is 0.0991 e. The Balaban J connectivity index is 1.76. The van der Waals surface area contributed by atoms with Gasteiger partial charge in [-0.25, -0.2) is 0 Å². The van der Waals surface area contributed by atoms with Crippen molar-refractivity contribution in [3.8, 4) is 6.07 Å². The van der Waals surface area contributed by atoms with E-state index in [-0.39, 0.29) is 0 Å². The van der Waals surface area contributed by atoms with E-state index in [4.69, 9.17) is 5.26 Å². The molecule has 0 unspecified atom stereocenters. The Morgan fingerprint density at radius 3 is 2.30 bits per heavy atom. The van der Waals surface area contributed by atoms with E-state index >= 15 is 0 Å². The number of hydrogen-bond donors (Lipinski definition) is 0. The summed E-state index contributed by atoms with van der Waals surface area (Å²) in [5.41, 5.74) is 8.40. The Hall–Kier alpha value is -2.76. The van der Waals surface area contributed by atoms with E-state index in [0.717, 1.165) is 11.5 Å². The molecule has 0 aliphatic carbocycles. The lowest BCUT2D eigenvalue weighted by atomic mass is 9.95. The number of rotatable bonds is 6. The van der Waals surface area contributed by atoms with Crippen molar-refractivity contribution < 1.29 is 0 Å². The van der Waals surface area contributed by atoms with Crippen LogP contribution >= 0.6 is 11.8 Å². The standard InChI is InChI=1S/C25H23NS/c1-19-8-13-24(16-20(19)2)25(23-6-4-3-5-7-23)14-15-27-18-22-11-9-21(17-26)10-12-22/h3-14,16H,15,18H2,1-2H3/b25-14+. The van der Waals surface area contributed by atoms with Gasteiger partial charge in [-0.15, -0.1) is 0 Å². The number of benzene rings is 3. The van der Waals surface area contributed by atoms with Gasteiger partial charge in [0.25, 0.3) is 0 Å². The van der Waals surface area contributed by atoms with E-state index in [1.165, 1.54) is 33.4 Å². The Morgan fingerprint density at radius 1 is 0.889 bits per heavy atom. The van der Waals surface area contributed by atoms with Crippen molar-refractivity contribution in [3.63, 3.8) is 0 Å². The zero-order valence-corrected chi connectivity index (χ0v) is 16.6. The molecule has 134 valence electrons. The van der Waals surface area contributed by atoms with Crippen LogP contribution in [-0.2, 0) is 5.75 Å². The third-order valence-corrected chi connectivity index (χ3v) is 5.60. The molecule has 0 aliphatic heterocycles. The van der Waals surface area contributed by atoms with Gasteiger partial charge in [-0.1, -0.05) is 66.7 Å². The van der Waals surface area contributed by atoms with Gasteiger partial charge in [0.05, 0.1) is 11.6 Å². The summed E-state index contributed by atoms with van der Waals surface area (Å²) < 4.78 is 0. The highest BCUT2D eigenvalue weighted by Gasteiger charge is 2.06. The SMILES string of the molecule is Cc1ccc(/C(=C/CSCc2ccc(C#N)cc2)c2ccccc2)cc1C. The number of nitrogens with zero attached hydrogens (tertiary/aromatic N) is 1. The fraction of sp³-hybridized carbons (Fsp3) is 0.160. The van der Waals surface area contributed by atoms with Gasteiger partial charge in [-0.3, -0.25) is 0 Å². The largest absolute Gasteiger partial charge is 0.192 e. The number of thioether (sulfide) groups is 1. The van der Waals surface area contributed by atoms with Crippen LogP contribution in [0, 0.1) is 25.2 Å². The van der Waals surface area contributed by atoms with Gasteiger partial charge in [-0.05, 0) is 59.4 Å². The number of aryl methyl sites for hydroxylation is 2. The first-order valence-corrected chi connectivity index (χ1v) is 10.2. The molecule has 1 nitrogen and oxygen atoms in total. The molecule has 3 aromatic rings. The highest BCUT2D eigenvalue weighted by atomic mass is 32.2. The van der Waals surface area contributed by atoms with Gasteiger partial charge in [0.2, 0.25) is 0 Å². The van der Waals surface area contributed by atoms with E-state index < -0.39 is 0 Å².